The second-order valence-electron chi connectivity index (χ2n) is 12.4. The normalized spacial score (nSPS) is 12.0. The number of amides is 2. The first-order chi connectivity index (χ1) is 21.4. The number of hydrogen-bond acceptors (Lipinski definition) is 4. The van der Waals surface area contributed by atoms with Crippen molar-refractivity contribution in [3.63, 3.8) is 0 Å². The molecule has 4 rings (SSSR count). The average molecular weight is 672 g/mol. The van der Waals surface area contributed by atoms with Gasteiger partial charge in [-0.05, 0) is 65.3 Å². The first kappa shape index (κ1) is 33.5. The first-order valence-electron chi connectivity index (χ1n) is 14.9. The molecule has 7 nitrogen and oxygen atoms in total. The molecular formula is C37H39BrN2O5. The van der Waals surface area contributed by atoms with Crippen LogP contribution in [0.4, 0.5) is 5.69 Å². The van der Waals surface area contributed by atoms with Crippen LogP contribution >= 0.6 is 15.9 Å². The van der Waals surface area contributed by atoms with E-state index in [9.17, 15) is 19.5 Å². The predicted molar refractivity (Wildman–Crippen MR) is 182 cm³/mol. The number of aliphatic carboxylic acids is 1. The quantitative estimate of drug-likeness (QED) is 0.132. The van der Waals surface area contributed by atoms with E-state index in [4.69, 9.17) is 4.74 Å². The van der Waals surface area contributed by atoms with Crippen molar-refractivity contribution in [2.75, 3.05) is 5.32 Å². The van der Waals surface area contributed by atoms with Crippen molar-refractivity contribution < 1.29 is 24.2 Å². The highest BCUT2D eigenvalue weighted by Gasteiger charge is 2.26. The smallest absolute Gasteiger partial charge is 0.326 e. The summed E-state index contributed by atoms with van der Waals surface area (Å²) in [5.74, 6) is -0.0931. The van der Waals surface area contributed by atoms with E-state index in [-0.39, 0.29) is 23.3 Å². The minimum absolute atomic E-state index is 0.0720. The summed E-state index contributed by atoms with van der Waals surface area (Å²) in [7, 11) is 0. The molecule has 0 fully saturated rings. The van der Waals surface area contributed by atoms with Crippen molar-refractivity contribution in [3.8, 4) is 22.6 Å². The van der Waals surface area contributed by atoms with Crippen LogP contribution in [0.15, 0.2) is 102 Å². The first-order valence-corrected chi connectivity index (χ1v) is 15.7. The Bertz CT molecular complexity index is 1630. The van der Waals surface area contributed by atoms with Crippen molar-refractivity contribution >= 4 is 39.4 Å². The van der Waals surface area contributed by atoms with Crippen LogP contribution in [-0.4, -0.2) is 28.9 Å². The Morgan fingerprint density at radius 3 is 2.22 bits per heavy atom. The molecular weight excluding hydrogens is 632 g/mol. The van der Waals surface area contributed by atoms with Crippen LogP contribution < -0.4 is 15.4 Å². The molecule has 8 heteroatoms. The summed E-state index contributed by atoms with van der Waals surface area (Å²) in [5.41, 5.74) is 2.84. The number of rotatable bonds is 13. The predicted octanol–water partition coefficient (Wildman–Crippen LogP) is 8.74. The highest BCUT2D eigenvalue weighted by Crippen LogP contribution is 2.34. The summed E-state index contributed by atoms with van der Waals surface area (Å²) in [5, 5.41) is 15.5. The SMILES string of the molecule is CC(C)CC(C)(C)CC(=O)Nc1ccc(Br)cc1C(=O)NC(Cc1ccc(-c2ccccc2Oc2ccccc2)cc1)C(=O)O. The molecule has 4 aromatic rings. The molecule has 0 bridgehead atoms. The Labute approximate surface area is 273 Å². The zero-order chi connectivity index (χ0) is 32.6. The lowest BCUT2D eigenvalue weighted by Gasteiger charge is -2.26. The van der Waals surface area contributed by atoms with Gasteiger partial charge in [-0.1, -0.05) is 104 Å². The number of carbonyl (C=O) groups is 3. The van der Waals surface area contributed by atoms with Crippen LogP contribution in [0.2, 0.25) is 0 Å². The molecule has 0 heterocycles. The number of hydrogen-bond donors (Lipinski definition) is 3. The van der Waals surface area contributed by atoms with E-state index in [1.165, 1.54) is 0 Å². The molecule has 1 atom stereocenters. The van der Waals surface area contributed by atoms with Gasteiger partial charge in [0.25, 0.3) is 5.91 Å². The van der Waals surface area contributed by atoms with E-state index in [2.05, 4.69) is 40.4 Å². The standard InChI is InChI=1S/C37H39BrN2O5/c1-24(2)22-37(3,4)23-34(41)39-31-19-18-27(38)21-30(31)35(42)40-32(36(43)44)20-25-14-16-26(17-15-25)29-12-8-9-13-33(29)45-28-10-6-5-7-11-28/h5-19,21,24,32H,20,22-23H2,1-4H3,(H,39,41)(H,40,42)(H,43,44). The number of halogens is 1. The number of carbonyl (C=O) groups excluding carboxylic acids is 2. The number of carboxylic acids is 1. The van der Waals surface area contributed by atoms with Crippen molar-refractivity contribution in [2.45, 2.75) is 53.0 Å². The van der Waals surface area contributed by atoms with Crippen LogP contribution in [0.25, 0.3) is 11.1 Å². The van der Waals surface area contributed by atoms with Gasteiger partial charge in [0.2, 0.25) is 5.91 Å². The molecule has 0 saturated heterocycles. The van der Waals surface area contributed by atoms with E-state index in [0.29, 0.717) is 28.2 Å². The zero-order valence-electron chi connectivity index (χ0n) is 26.0. The maximum atomic E-state index is 13.4. The van der Waals surface area contributed by atoms with Crippen molar-refractivity contribution in [3.05, 3.63) is 113 Å². The molecule has 234 valence electrons. The van der Waals surface area contributed by atoms with Gasteiger partial charge in [0.1, 0.15) is 17.5 Å². The zero-order valence-corrected chi connectivity index (χ0v) is 27.6. The average Bonchev–Trinajstić information content (AvgIpc) is 2.98. The highest BCUT2D eigenvalue weighted by atomic mass is 79.9. The number of para-hydroxylation sites is 2. The third kappa shape index (κ3) is 9.78. The van der Waals surface area contributed by atoms with Crippen molar-refractivity contribution in [2.24, 2.45) is 11.3 Å². The number of ether oxygens (including phenoxy) is 1. The molecule has 3 N–H and O–H groups in total. The highest BCUT2D eigenvalue weighted by molar-refractivity contribution is 9.10. The molecule has 0 aliphatic carbocycles. The molecule has 0 aromatic heterocycles. The number of nitrogens with one attached hydrogen (secondary N) is 2. The molecule has 4 aromatic carbocycles. The van der Waals surface area contributed by atoms with Crippen molar-refractivity contribution in [1.29, 1.82) is 0 Å². The summed E-state index contributed by atoms with van der Waals surface area (Å²) in [4.78, 5) is 38.6. The number of benzene rings is 4. The summed E-state index contributed by atoms with van der Waals surface area (Å²) in [6.45, 7) is 8.32. The van der Waals surface area contributed by atoms with Gasteiger partial charge in [0.05, 0.1) is 11.3 Å². The Hall–Kier alpha value is -4.43. The van der Waals surface area contributed by atoms with Crippen LogP contribution in [0.1, 0.15) is 56.5 Å². The maximum Gasteiger partial charge on any atom is 0.326 e. The summed E-state index contributed by atoms with van der Waals surface area (Å²) in [6, 6.07) is 28.5. The molecule has 0 aliphatic heterocycles. The third-order valence-corrected chi connectivity index (χ3v) is 7.76. The minimum atomic E-state index is -1.19. The molecule has 2 amide bonds. The molecule has 0 spiro atoms. The van der Waals surface area contributed by atoms with Gasteiger partial charge in [-0.15, -0.1) is 0 Å². The van der Waals surface area contributed by atoms with E-state index in [1.54, 1.807) is 18.2 Å². The van der Waals surface area contributed by atoms with E-state index in [1.807, 2.05) is 92.7 Å². The fraction of sp³-hybridized carbons (Fsp3) is 0.270. The molecule has 0 saturated carbocycles. The van der Waals surface area contributed by atoms with Gasteiger partial charge >= 0.3 is 5.97 Å². The summed E-state index contributed by atoms with van der Waals surface area (Å²) < 4.78 is 6.73. The molecule has 1 unspecified atom stereocenters. The van der Waals surface area contributed by atoms with E-state index < -0.39 is 17.9 Å². The van der Waals surface area contributed by atoms with Crippen molar-refractivity contribution in [1.82, 2.24) is 5.32 Å². The molecule has 0 aliphatic rings. The topological polar surface area (TPSA) is 105 Å². The van der Waals surface area contributed by atoms with Gasteiger partial charge in [0.15, 0.2) is 0 Å². The summed E-state index contributed by atoms with van der Waals surface area (Å²) >= 11 is 3.39. The third-order valence-electron chi connectivity index (χ3n) is 7.27. The minimum Gasteiger partial charge on any atom is -0.480 e. The Balaban J connectivity index is 1.47. The second kappa shape index (κ2) is 15.0. The fourth-order valence-corrected chi connectivity index (χ4v) is 5.88. The van der Waals surface area contributed by atoms with E-state index in [0.717, 1.165) is 28.9 Å². The number of carboxylic acid groups (broad SMARTS) is 1. The molecule has 0 radical (unpaired) electrons. The largest absolute Gasteiger partial charge is 0.480 e. The Morgan fingerprint density at radius 2 is 1.56 bits per heavy atom. The van der Waals surface area contributed by atoms with Gasteiger partial charge < -0.3 is 20.5 Å². The lowest BCUT2D eigenvalue weighted by Crippen LogP contribution is -2.42. The van der Waals surface area contributed by atoms with Crippen LogP contribution in [0, 0.1) is 11.3 Å². The van der Waals surface area contributed by atoms with E-state index >= 15 is 0 Å². The maximum absolute atomic E-state index is 13.4. The van der Waals surface area contributed by atoms with Crippen LogP contribution in [-0.2, 0) is 16.0 Å². The van der Waals surface area contributed by atoms with Crippen LogP contribution in [0.5, 0.6) is 11.5 Å². The number of anilines is 1. The lowest BCUT2D eigenvalue weighted by molar-refractivity contribution is -0.139. The monoisotopic (exact) mass is 670 g/mol. The second-order valence-corrected chi connectivity index (χ2v) is 13.3. The molecule has 45 heavy (non-hydrogen) atoms. The fourth-order valence-electron chi connectivity index (χ4n) is 5.52. The van der Waals surface area contributed by atoms with Gasteiger partial charge in [-0.2, -0.15) is 0 Å². The van der Waals surface area contributed by atoms with Gasteiger partial charge in [0, 0.05) is 22.9 Å². The van der Waals surface area contributed by atoms with Gasteiger partial charge in [-0.25, -0.2) is 4.79 Å². The summed E-state index contributed by atoms with van der Waals surface area (Å²) in [6.07, 6.45) is 1.24. The Morgan fingerprint density at radius 1 is 0.889 bits per heavy atom. The Kier molecular flexibility index (Phi) is 11.2. The van der Waals surface area contributed by atoms with Crippen LogP contribution in [0.3, 0.4) is 0 Å². The lowest BCUT2D eigenvalue weighted by atomic mass is 9.81. The van der Waals surface area contributed by atoms with Gasteiger partial charge in [-0.3, -0.25) is 9.59 Å².